The topological polar surface area (TPSA) is 73.1 Å². The lowest BCUT2D eigenvalue weighted by Crippen LogP contribution is -2.46. The molecule has 2 fully saturated rings. The average molecular weight is 502 g/mol. The van der Waals surface area contributed by atoms with E-state index in [1.54, 1.807) is 0 Å². The summed E-state index contributed by atoms with van der Waals surface area (Å²) >= 11 is 5.81. The van der Waals surface area contributed by atoms with Gasteiger partial charge in [0.2, 0.25) is 0 Å². The van der Waals surface area contributed by atoms with E-state index in [1.807, 2.05) is 6.07 Å². The minimum Gasteiger partial charge on any atom is -0.379 e. The SMILES string of the molecule is Cc1ccc2cc(CN(CCN3CCOCC3)C(=S)NCCCN3CCOCC3)c(=O)[nH]c2c1C. The maximum atomic E-state index is 13.0. The van der Waals surface area contributed by atoms with Crippen molar-refractivity contribution in [2.45, 2.75) is 26.8 Å². The molecule has 2 aromatic rings. The molecule has 2 N–H and O–H groups in total. The van der Waals surface area contributed by atoms with E-state index < -0.39 is 0 Å². The molecule has 2 aliphatic heterocycles. The molecule has 1 aromatic heterocycles. The molecule has 0 saturated carbocycles. The minimum absolute atomic E-state index is 0.0438. The molecule has 0 aliphatic carbocycles. The molecule has 0 amide bonds. The van der Waals surface area contributed by atoms with Crippen LogP contribution in [0.15, 0.2) is 23.0 Å². The summed E-state index contributed by atoms with van der Waals surface area (Å²) in [7, 11) is 0. The maximum Gasteiger partial charge on any atom is 0.253 e. The Hall–Kier alpha value is -2.04. The molecular weight excluding hydrogens is 462 g/mol. The van der Waals surface area contributed by atoms with Gasteiger partial charge in [-0.1, -0.05) is 12.1 Å². The van der Waals surface area contributed by atoms with Crippen LogP contribution in [0.3, 0.4) is 0 Å². The number of aromatic amines is 1. The molecular formula is C26H39N5O3S. The van der Waals surface area contributed by atoms with E-state index in [1.165, 1.54) is 5.56 Å². The van der Waals surface area contributed by atoms with Crippen molar-refractivity contribution in [3.8, 4) is 0 Å². The van der Waals surface area contributed by atoms with Crippen molar-refractivity contribution in [2.24, 2.45) is 0 Å². The quantitative estimate of drug-likeness (QED) is 0.399. The van der Waals surface area contributed by atoms with E-state index in [-0.39, 0.29) is 5.56 Å². The molecule has 192 valence electrons. The van der Waals surface area contributed by atoms with E-state index in [2.05, 4.69) is 51.0 Å². The third-order valence-corrected chi connectivity index (χ3v) is 7.50. The van der Waals surface area contributed by atoms with Crippen LogP contribution in [0, 0.1) is 13.8 Å². The van der Waals surface area contributed by atoms with Crippen LogP contribution in [0.2, 0.25) is 0 Å². The second kappa shape index (κ2) is 12.8. The summed E-state index contributed by atoms with van der Waals surface area (Å²) in [5.74, 6) is 0. The van der Waals surface area contributed by atoms with Crippen molar-refractivity contribution >= 4 is 28.2 Å². The van der Waals surface area contributed by atoms with Gasteiger partial charge in [0, 0.05) is 51.4 Å². The molecule has 0 atom stereocenters. The zero-order valence-corrected chi connectivity index (χ0v) is 21.9. The summed E-state index contributed by atoms with van der Waals surface area (Å²) in [4.78, 5) is 23.1. The third kappa shape index (κ3) is 7.24. The highest BCUT2D eigenvalue weighted by atomic mass is 32.1. The van der Waals surface area contributed by atoms with Crippen molar-refractivity contribution in [2.75, 3.05) is 78.8 Å². The molecule has 0 radical (unpaired) electrons. The minimum atomic E-state index is -0.0438. The number of aromatic nitrogens is 1. The van der Waals surface area contributed by atoms with Crippen molar-refractivity contribution in [3.63, 3.8) is 0 Å². The summed E-state index contributed by atoms with van der Waals surface area (Å²) in [6, 6.07) is 6.21. The number of benzene rings is 1. The summed E-state index contributed by atoms with van der Waals surface area (Å²) < 4.78 is 10.9. The Morgan fingerprint density at radius 1 is 1.06 bits per heavy atom. The fraction of sp³-hybridized carbons (Fsp3) is 0.615. The van der Waals surface area contributed by atoms with Gasteiger partial charge >= 0.3 is 0 Å². The Morgan fingerprint density at radius 3 is 2.40 bits per heavy atom. The number of fused-ring (bicyclic) bond motifs is 1. The fourth-order valence-electron chi connectivity index (χ4n) is 4.67. The largest absolute Gasteiger partial charge is 0.379 e. The molecule has 4 rings (SSSR count). The third-order valence-electron chi connectivity index (χ3n) is 7.10. The predicted molar refractivity (Wildman–Crippen MR) is 144 cm³/mol. The van der Waals surface area contributed by atoms with Crippen LogP contribution >= 0.6 is 12.2 Å². The van der Waals surface area contributed by atoms with E-state index in [0.29, 0.717) is 11.7 Å². The first kappa shape index (κ1) is 26.0. The number of nitrogens with one attached hydrogen (secondary N) is 2. The maximum absolute atomic E-state index is 13.0. The molecule has 35 heavy (non-hydrogen) atoms. The first-order valence-corrected chi connectivity index (χ1v) is 13.2. The van der Waals surface area contributed by atoms with Crippen molar-refractivity contribution in [1.82, 2.24) is 25.0 Å². The molecule has 0 spiro atoms. The van der Waals surface area contributed by atoms with Gasteiger partial charge in [0.1, 0.15) is 0 Å². The first-order valence-electron chi connectivity index (χ1n) is 12.8. The van der Waals surface area contributed by atoms with E-state index >= 15 is 0 Å². The number of thiocarbonyl (C=S) groups is 1. The van der Waals surface area contributed by atoms with Gasteiger partial charge in [-0.25, -0.2) is 0 Å². The number of aryl methyl sites for hydroxylation is 2. The van der Waals surface area contributed by atoms with E-state index in [4.69, 9.17) is 21.7 Å². The highest BCUT2D eigenvalue weighted by Gasteiger charge is 2.17. The van der Waals surface area contributed by atoms with Crippen LogP contribution in [0.5, 0.6) is 0 Å². The normalized spacial score (nSPS) is 17.5. The van der Waals surface area contributed by atoms with Crippen LogP contribution in [0.25, 0.3) is 10.9 Å². The number of pyridine rings is 1. The summed E-state index contributed by atoms with van der Waals surface area (Å²) in [5, 5.41) is 5.21. The Morgan fingerprint density at radius 2 is 1.71 bits per heavy atom. The molecule has 8 nitrogen and oxygen atoms in total. The van der Waals surface area contributed by atoms with Crippen molar-refractivity contribution < 1.29 is 9.47 Å². The van der Waals surface area contributed by atoms with Gasteiger partial charge in [0.25, 0.3) is 5.56 Å². The highest BCUT2D eigenvalue weighted by Crippen LogP contribution is 2.19. The smallest absolute Gasteiger partial charge is 0.253 e. The number of H-pyrrole nitrogens is 1. The zero-order chi connectivity index (χ0) is 24.6. The van der Waals surface area contributed by atoms with Crippen LogP contribution in [0.1, 0.15) is 23.1 Å². The van der Waals surface area contributed by atoms with Gasteiger partial charge in [-0.05, 0) is 61.6 Å². The Labute approximate surface area is 213 Å². The molecule has 0 unspecified atom stereocenters. The van der Waals surface area contributed by atoms with Gasteiger partial charge in [0.15, 0.2) is 5.11 Å². The Balaban J connectivity index is 1.41. The van der Waals surface area contributed by atoms with Gasteiger partial charge < -0.3 is 24.7 Å². The standard InChI is InChI=1S/C26H39N5O3S/c1-20-4-5-22-18-23(25(32)28-24(22)21(20)2)19-31(9-8-30-12-16-34-17-13-30)26(35)27-6-3-7-29-10-14-33-15-11-29/h4-5,18H,3,6-17,19H2,1-2H3,(H,27,35)(H,28,32). The van der Waals surface area contributed by atoms with Gasteiger partial charge in [-0.2, -0.15) is 0 Å². The van der Waals surface area contributed by atoms with Gasteiger partial charge in [0.05, 0.1) is 38.5 Å². The summed E-state index contributed by atoms with van der Waals surface area (Å²) in [5.41, 5.74) is 3.91. The molecule has 3 heterocycles. The molecule has 2 saturated heterocycles. The lowest BCUT2D eigenvalue weighted by Gasteiger charge is -2.31. The lowest BCUT2D eigenvalue weighted by atomic mass is 10.0. The van der Waals surface area contributed by atoms with Crippen LogP contribution < -0.4 is 10.9 Å². The van der Waals surface area contributed by atoms with Crippen molar-refractivity contribution in [1.29, 1.82) is 0 Å². The number of rotatable bonds is 9. The van der Waals surface area contributed by atoms with Crippen LogP contribution in [-0.4, -0.2) is 104 Å². The monoisotopic (exact) mass is 501 g/mol. The summed E-state index contributed by atoms with van der Waals surface area (Å²) in [6.45, 7) is 15.2. The Bertz CT molecular complexity index is 1050. The molecule has 9 heteroatoms. The summed E-state index contributed by atoms with van der Waals surface area (Å²) in [6.07, 6.45) is 1.02. The average Bonchev–Trinajstić information content (AvgIpc) is 2.88. The number of nitrogens with zero attached hydrogens (tertiary/aromatic N) is 3. The number of hydrogen-bond donors (Lipinski definition) is 2. The van der Waals surface area contributed by atoms with Crippen LogP contribution in [-0.2, 0) is 16.0 Å². The molecule has 0 bridgehead atoms. The predicted octanol–water partition coefficient (Wildman–Crippen LogP) is 1.88. The molecule has 1 aromatic carbocycles. The van der Waals surface area contributed by atoms with E-state index in [0.717, 1.165) is 107 Å². The second-order valence-electron chi connectivity index (χ2n) is 9.51. The molecule has 2 aliphatic rings. The number of morpholine rings is 2. The van der Waals surface area contributed by atoms with E-state index in [9.17, 15) is 4.79 Å². The lowest BCUT2D eigenvalue weighted by molar-refractivity contribution is 0.0356. The van der Waals surface area contributed by atoms with Gasteiger partial charge in [-0.3, -0.25) is 14.6 Å². The van der Waals surface area contributed by atoms with Crippen molar-refractivity contribution in [3.05, 3.63) is 45.2 Å². The number of ether oxygens (including phenoxy) is 2. The van der Waals surface area contributed by atoms with Gasteiger partial charge in [-0.15, -0.1) is 0 Å². The first-order chi connectivity index (χ1) is 17.0. The fourth-order valence-corrected chi connectivity index (χ4v) is 4.92. The highest BCUT2D eigenvalue weighted by molar-refractivity contribution is 7.80. The second-order valence-corrected chi connectivity index (χ2v) is 9.90. The number of hydrogen-bond acceptors (Lipinski definition) is 6. The Kier molecular flexibility index (Phi) is 9.51. The van der Waals surface area contributed by atoms with Crippen LogP contribution in [0.4, 0.5) is 0 Å². The zero-order valence-electron chi connectivity index (χ0n) is 21.1.